The maximum absolute atomic E-state index is 14.2. The third-order valence-electron chi connectivity index (χ3n) is 4.18. The van der Waals surface area contributed by atoms with Crippen molar-refractivity contribution in [3.63, 3.8) is 0 Å². The third kappa shape index (κ3) is 2.79. The van der Waals surface area contributed by atoms with Crippen LogP contribution in [-0.4, -0.2) is 13.7 Å². The fourth-order valence-electron chi connectivity index (χ4n) is 3.11. The minimum Gasteiger partial charge on any atom is -0.493 e. The second-order valence-corrected chi connectivity index (χ2v) is 5.67. The number of aryl methyl sites for hydroxylation is 1. The van der Waals surface area contributed by atoms with Crippen LogP contribution < -0.4 is 10.1 Å². The van der Waals surface area contributed by atoms with E-state index in [0.29, 0.717) is 6.61 Å². The highest BCUT2D eigenvalue weighted by atomic mass is 19.1. The third-order valence-corrected chi connectivity index (χ3v) is 4.18. The molecule has 2 nitrogen and oxygen atoms in total. The van der Waals surface area contributed by atoms with Gasteiger partial charge in [-0.3, -0.25) is 0 Å². The lowest BCUT2D eigenvalue weighted by molar-refractivity contribution is 0.186. The molecule has 110 valence electrons. The van der Waals surface area contributed by atoms with Crippen LogP contribution in [0.2, 0.25) is 0 Å². The average Bonchev–Trinajstić information content (AvgIpc) is 2.51. The molecule has 0 spiro atoms. The van der Waals surface area contributed by atoms with Gasteiger partial charge in [0.25, 0.3) is 0 Å². The fourth-order valence-corrected chi connectivity index (χ4v) is 3.11. The minimum absolute atomic E-state index is 0.0433. The van der Waals surface area contributed by atoms with Crippen LogP contribution >= 0.6 is 0 Å². The summed E-state index contributed by atoms with van der Waals surface area (Å²) in [5.41, 5.74) is 3.00. The van der Waals surface area contributed by atoms with Gasteiger partial charge in [-0.1, -0.05) is 35.9 Å². The van der Waals surface area contributed by atoms with Gasteiger partial charge in [0.05, 0.1) is 6.61 Å². The van der Waals surface area contributed by atoms with Crippen LogP contribution in [0.15, 0.2) is 42.5 Å². The number of nitrogens with one attached hydrogen (secondary N) is 1. The lowest BCUT2D eigenvalue weighted by Crippen LogP contribution is -2.34. The van der Waals surface area contributed by atoms with E-state index in [9.17, 15) is 4.39 Å². The summed E-state index contributed by atoms with van der Waals surface area (Å²) in [5.74, 6) is 1.02. The lowest BCUT2D eigenvalue weighted by Gasteiger charge is -2.32. The zero-order valence-corrected chi connectivity index (χ0v) is 12.4. The second-order valence-electron chi connectivity index (χ2n) is 5.67. The first kappa shape index (κ1) is 14.1. The fraction of sp³-hybridized carbons (Fsp3) is 0.333. The molecule has 2 aromatic carbocycles. The molecule has 1 aliphatic rings. The van der Waals surface area contributed by atoms with E-state index < -0.39 is 0 Å². The Morgan fingerprint density at radius 3 is 2.86 bits per heavy atom. The molecule has 2 unspecified atom stereocenters. The van der Waals surface area contributed by atoms with Gasteiger partial charge in [-0.2, -0.15) is 0 Å². The number of halogens is 1. The molecule has 0 fully saturated rings. The number of ether oxygens (including phenoxy) is 1. The highest BCUT2D eigenvalue weighted by Crippen LogP contribution is 2.34. The number of para-hydroxylation sites is 1. The Hall–Kier alpha value is -1.87. The number of rotatable bonds is 3. The molecule has 1 N–H and O–H groups in total. The lowest BCUT2D eigenvalue weighted by atomic mass is 9.86. The predicted molar refractivity (Wildman–Crippen MR) is 82.1 cm³/mol. The standard InChI is InChI=1S/C18H20FNO/c1-12-7-8-16(19)15(9-12)18(20-2)14-10-13-5-3-4-6-17(13)21-11-14/h3-9,14,18,20H,10-11H2,1-2H3. The van der Waals surface area contributed by atoms with Gasteiger partial charge in [0.15, 0.2) is 0 Å². The van der Waals surface area contributed by atoms with E-state index in [1.165, 1.54) is 5.56 Å². The topological polar surface area (TPSA) is 21.3 Å². The van der Waals surface area contributed by atoms with Crippen LogP contribution in [0.25, 0.3) is 0 Å². The van der Waals surface area contributed by atoms with E-state index in [1.807, 2.05) is 38.2 Å². The number of benzene rings is 2. The molecule has 0 aromatic heterocycles. The summed E-state index contributed by atoms with van der Waals surface area (Å²) in [7, 11) is 1.88. The Kier molecular flexibility index (Phi) is 3.93. The second kappa shape index (κ2) is 5.86. The van der Waals surface area contributed by atoms with Gasteiger partial charge < -0.3 is 10.1 Å². The summed E-state index contributed by atoms with van der Waals surface area (Å²) in [5, 5.41) is 3.27. The van der Waals surface area contributed by atoms with Gasteiger partial charge in [-0.25, -0.2) is 4.39 Å². The molecular formula is C18H20FNO. The molecule has 3 rings (SSSR count). The van der Waals surface area contributed by atoms with Crippen LogP contribution in [0.3, 0.4) is 0 Å². The van der Waals surface area contributed by atoms with E-state index in [2.05, 4.69) is 11.4 Å². The summed E-state index contributed by atoms with van der Waals surface area (Å²) in [6, 6.07) is 13.3. The molecule has 0 bridgehead atoms. The molecule has 0 amide bonds. The summed E-state index contributed by atoms with van der Waals surface area (Å²) in [4.78, 5) is 0. The van der Waals surface area contributed by atoms with Gasteiger partial charge in [0.1, 0.15) is 11.6 Å². The average molecular weight is 285 g/mol. The highest BCUT2D eigenvalue weighted by molar-refractivity contribution is 5.36. The van der Waals surface area contributed by atoms with Crippen molar-refractivity contribution < 1.29 is 9.13 Å². The van der Waals surface area contributed by atoms with Crippen molar-refractivity contribution in [1.82, 2.24) is 5.32 Å². The van der Waals surface area contributed by atoms with Crippen molar-refractivity contribution in [2.45, 2.75) is 19.4 Å². The van der Waals surface area contributed by atoms with Crippen molar-refractivity contribution in [3.8, 4) is 5.75 Å². The summed E-state index contributed by atoms with van der Waals surface area (Å²) < 4.78 is 20.0. The normalized spacial score (nSPS) is 18.7. The van der Waals surface area contributed by atoms with Gasteiger partial charge in [0, 0.05) is 17.5 Å². The maximum atomic E-state index is 14.2. The Balaban J connectivity index is 1.90. The van der Waals surface area contributed by atoms with Crippen LogP contribution in [0.1, 0.15) is 22.7 Å². The van der Waals surface area contributed by atoms with Crippen LogP contribution in [0.4, 0.5) is 4.39 Å². The zero-order chi connectivity index (χ0) is 14.8. The van der Waals surface area contributed by atoms with Crippen molar-refractivity contribution in [2.75, 3.05) is 13.7 Å². The largest absolute Gasteiger partial charge is 0.493 e. The van der Waals surface area contributed by atoms with Gasteiger partial charge in [-0.05, 0) is 38.1 Å². The zero-order valence-electron chi connectivity index (χ0n) is 12.4. The summed E-state index contributed by atoms with van der Waals surface area (Å²) >= 11 is 0. The molecule has 1 aliphatic heterocycles. The first-order valence-corrected chi connectivity index (χ1v) is 7.33. The molecule has 1 heterocycles. The molecular weight excluding hydrogens is 265 g/mol. The number of hydrogen-bond acceptors (Lipinski definition) is 2. The Morgan fingerprint density at radius 1 is 1.24 bits per heavy atom. The van der Waals surface area contributed by atoms with Crippen molar-refractivity contribution in [3.05, 3.63) is 65.0 Å². The van der Waals surface area contributed by atoms with Crippen LogP contribution in [0, 0.1) is 18.7 Å². The molecule has 2 atom stereocenters. The van der Waals surface area contributed by atoms with E-state index in [-0.39, 0.29) is 17.8 Å². The van der Waals surface area contributed by atoms with Crippen LogP contribution in [0.5, 0.6) is 5.75 Å². The van der Waals surface area contributed by atoms with E-state index in [1.54, 1.807) is 12.1 Å². The minimum atomic E-state index is -0.154. The van der Waals surface area contributed by atoms with E-state index >= 15 is 0 Å². The van der Waals surface area contributed by atoms with E-state index in [4.69, 9.17) is 4.74 Å². The molecule has 0 aliphatic carbocycles. The van der Waals surface area contributed by atoms with Crippen molar-refractivity contribution >= 4 is 0 Å². The first-order valence-electron chi connectivity index (χ1n) is 7.33. The summed E-state index contributed by atoms with van der Waals surface area (Å²) in [6.07, 6.45) is 0.898. The Morgan fingerprint density at radius 2 is 2.05 bits per heavy atom. The quantitative estimate of drug-likeness (QED) is 0.929. The van der Waals surface area contributed by atoms with Crippen LogP contribution in [-0.2, 0) is 6.42 Å². The highest BCUT2D eigenvalue weighted by Gasteiger charge is 2.29. The molecule has 2 aromatic rings. The van der Waals surface area contributed by atoms with Gasteiger partial charge >= 0.3 is 0 Å². The molecule has 0 saturated carbocycles. The smallest absolute Gasteiger partial charge is 0.128 e. The Labute approximate surface area is 125 Å². The van der Waals surface area contributed by atoms with Crippen molar-refractivity contribution in [1.29, 1.82) is 0 Å². The van der Waals surface area contributed by atoms with Gasteiger partial charge in [-0.15, -0.1) is 0 Å². The summed E-state index contributed by atoms with van der Waals surface area (Å²) in [6.45, 7) is 2.60. The first-order chi connectivity index (χ1) is 10.2. The SMILES string of the molecule is CNC(c1cc(C)ccc1F)C1COc2ccccc2C1. The monoisotopic (exact) mass is 285 g/mol. The number of fused-ring (bicyclic) bond motifs is 1. The van der Waals surface area contributed by atoms with Gasteiger partial charge in [0.2, 0.25) is 0 Å². The Bertz CT molecular complexity index is 641. The van der Waals surface area contributed by atoms with E-state index in [0.717, 1.165) is 23.3 Å². The number of hydrogen-bond donors (Lipinski definition) is 1. The predicted octanol–water partition coefficient (Wildman–Crippen LogP) is 3.65. The molecule has 3 heteroatoms. The maximum Gasteiger partial charge on any atom is 0.128 e. The molecule has 21 heavy (non-hydrogen) atoms. The molecule has 0 saturated heterocycles. The van der Waals surface area contributed by atoms with Crippen molar-refractivity contribution in [2.24, 2.45) is 5.92 Å². The molecule has 0 radical (unpaired) electrons.